The van der Waals surface area contributed by atoms with Gasteiger partial charge >= 0.3 is 0 Å². The Kier molecular flexibility index (Phi) is 7.00. The zero-order valence-electron chi connectivity index (χ0n) is 16.8. The Bertz CT molecular complexity index is 578. The third kappa shape index (κ3) is 4.54. The van der Waals surface area contributed by atoms with Gasteiger partial charge in [-0.3, -0.25) is 0 Å². The molecule has 0 spiro atoms. The van der Waals surface area contributed by atoms with Gasteiger partial charge in [-0.05, 0) is 44.4 Å². The van der Waals surface area contributed by atoms with Crippen molar-refractivity contribution < 1.29 is 50.0 Å². The molecule has 4 fully saturated rings. The van der Waals surface area contributed by atoms with Crippen molar-refractivity contribution in [2.45, 2.75) is 106 Å². The highest BCUT2D eigenvalue weighted by atomic mass is 16.7. The SMILES string of the molecule is OC1CC(O)C2CC(O[C@@H]3OC[C@@H](O)[C@H](O)[C@H]3O)C(C3CCC(O)C(O)C3)OC2C1. The van der Waals surface area contributed by atoms with Crippen molar-refractivity contribution in [2.75, 3.05) is 6.61 Å². The lowest BCUT2D eigenvalue weighted by Crippen LogP contribution is -2.59. The van der Waals surface area contributed by atoms with Crippen molar-refractivity contribution in [1.29, 1.82) is 0 Å². The monoisotopic (exact) mass is 434 g/mol. The Morgan fingerprint density at radius 3 is 2.20 bits per heavy atom. The summed E-state index contributed by atoms with van der Waals surface area (Å²) in [4.78, 5) is 0. The molecule has 2 heterocycles. The van der Waals surface area contributed by atoms with Gasteiger partial charge in [0.05, 0.1) is 49.3 Å². The van der Waals surface area contributed by atoms with E-state index in [1.807, 2.05) is 0 Å². The molecule has 7 N–H and O–H groups in total. The minimum absolute atomic E-state index is 0.123. The molecule has 2 saturated heterocycles. The number of fused-ring (bicyclic) bond motifs is 1. The third-order valence-corrected chi connectivity index (χ3v) is 7.24. The molecule has 13 atom stereocenters. The highest BCUT2D eigenvalue weighted by Crippen LogP contribution is 2.43. The number of hydrogen-bond donors (Lipinski definition) is 7. The standard InChI is InChI=1S/C20H34O10/c21-9-4-12(23)10-6-16(30-20-18(27)17(26)14(25)7-28-20)19(29-15(10)5-9)8-1-2-11(22)13(24)3-8/h8-27H,1-7H2/t8?,9?,10?,11?,12?,13?,14-,15?,16?,17+,18-,19?,20+/m1/s1. The van der Waals surface area contributed by atoms with Crippen LogP contribution in [-0.4, -0.2) is 110 Å². The zero-order valence-corrected chi connectivity index (χ0v) is 16.8. The largest absolute Gasteiger partial charge is 0.393 e. The fourth-order valence-corrected chi connectivity index (χ4v) is 5.48. The Hall–Kier alpha value is -0.400. The summed E-state index contributed by atoms with van der Waals surface area (Å²) in [6.45, 7) is -0.184. The topological polar surface area (TPSA) is 169 Å². The second-order valence-electron chi connectivity index (χ2n) is 9.36. The predicted octanol–water partition coefficient (Wildman–Crippen LogP) is -2.38. The van der Waals surface area contributed by atoms with Crippen LogP contribution in [0.3, 0.4) is 0 Å². The molecule has 4 aliphatic rings. The Balaban J connectivity index is 1.51. The number of hydrogen-bond acceptors (Lipinski definition) is 10. The lowest BCUT2D eigenvalue weighted by molar-refractivity contribution is -0.313. The first-order valence-corrected chi connectivity index (χ1v) is 10.9. The molecule has 0 aromatic heterocycles. The van der Waals surface area contributed by atoms with E-state index in [9.17, 15) is 35.7 Å². The quantitative estimate of drug-likeness (QED) is 0.255. The van der Waals surface area contributed by atoms with E-state index < -0.39 is 61.2 Å². The van der Waals surface area contributed by atoms with E-state index in [2.05, 4.69) is 0 Å². The molecule has 10 heteroatoms. The van der Waals surface area contributed by atoms with Crippen LogP contribution >= 0.6 is 0 Å². The summed E-state index contributed by atoms with van der Waals surface area (Å²) < 4.78 is 17.7. The van der Waals surface area contributed by atoms with Gasteiger partial charge in [-0.1, -0.05) is 0 Å². The molecule has 2 aliphatic heterocycles. The van der Waals surface area contributed by atoms with Gasteiger partial charge in [-0.25, -0.2) is 0 Å². The van der Waals surface area contributed by atoms with Crippen LogP contribution in [0.1, 0.15) is 38.5 Å². The Morgan fingerprint density at radius 1 is 0.700 bits per heavy atom. The lowest BCUT2D eigenvalue weighted by atomic mass is 9.72. The van der Waals surface area contributed by atoms with E-state index in [0.717, 1.165) is 0 Å². The molecule has 0 bridgehead atoms. The Morgan fingerprint density at radius 2 is 1.47 bits per heavy atom. The van der Waals surface area contributed by atoms with Gasteiger partial charge in [0, 0.05) is 5.92 Å². The fourth-order valence-electron chi connectivity index (χ4n) is 5.48. The van der Waals surface area contributed by atoms with Crippen molar-refractivity contribution in [3.8, 4) is 0 Å². The van der Waals surface area contributed by atoms with Gasteiger partial charge < -0.3 is 50.0 Å². The van der Waals surface area contributed by atoms with E-state index in [1.165, 1.54) is 0 Å². The highest BCUT2D eigenvalue weighted by molar-refractivity contribution is 4.98. The van der Waals surface area contributed by atoms with Crippen molar-refractivity contribution in [3.05, 3.63) is 0 Å². The van der Waals surface area contributed by atoms with Crippen molar-refractivity contribution >= 4 is 0 Å². The average molecular weight is 434 g/mol. The summed E-state index contributed by atoms with van der Waals surface area (Å²) in [5.74, 6) is -0.383. The molecule has 2 aliphatic carbocycles. The minimum Gasteiger partial charge on any atom is -0.393 e. The lowest BCUT2D eigenvalue weighted by Gasteiger charge is -2.50. The Labute approximate surface area is 175 Å². The number of ether oxygens (including phenoxy) is 3. The maximum Gasteiger partial charge on any atom is 0.186 e. The summed E-state index contributed by atoms with van der Waals surface area (Å²) in [7, 11) is 0. The van der Waals surface area contributed by atoms with Crippen molar-refractivity contribution in [1.82, 2.24) is 0 Å². The van der Waals surface area contributed by atoms with Gasteiger partial charge in [-0.15, -0.1) is 0 Å². The van der Waals surface area contributed by atoms with E-state index in [1.54, 1.807) is 0 Å². The van der Waals surface area contributed by atoms with Crippen LogP contribution in [-0.2, 0) is 14.2 Å². The molecule has 30 heavy (non-hydrogen) atoms. The maximum absolute atomic E-state index is 10.5. The van der Waals surface area contributed by atoms with Crippen LogP contribution in [0.2, 0.25) is 0 Å². The first-order valence-electron chi connectivity index (χ1n) is 10.9. The normalized spacial score (nSPS) is 55.1. The van der Waals surface area contributed by atoms with Crippen LogP contribution in [0.15, 0.2) is 0 Å². The van der Waals surface area contributed by atoms with Crippen molar-refractivity contribution in [2.24, 2.45) is 11.8 Å². The second kappa shape index (κ2) is 9.22. The van der Waals surface area contributed by atoms with Gasteiger partial charge in [0.15, 0.2) is 6.29 Å². The number of aliphatic hydroxyl groups is 7. The smallest absolute Gasteiger partial charge is 0.186 e. The van der Waals surface area contributed by atoms with Gasteiger partial charge in [0.25, 0.3) is 0 Å². The first-order chi connectivity index (χ1) is 14.2. The summed E-state index contributed by atoms with van der Waals surface area (Å²) in [6, 6.07) is 0. The van der Waals surface area contributed by atoms with Crippen LogP contribution in [0.25, 0.3) is 0 Å². The van der Waals surface area contributed by atoms with Crippen LogP contribution < -0.4 is 0 Å². The maximum atomic E-state index is 10.5. The van der Waals surface area contributed by atoms with Gasteiger partial charge in [-0.2, -0.15) is 0 Å². The molecule has 0 amide bonds. The summed E-state index contributed by atoms with van der Waals surface area (Å²) in [6.07, 6.45) is -7.31. The van der Waals surface area contributed by atoms with Gasteiger partial charge in [0.2, 0.25) is 0 Å². The summed E-state index contributed by atoms with van der Waals surface area (Å²) in [5, 5.41) is 70.5. The van der Waals surface area contributed by atoms with Crippen LogP contribution in [0, 0.1) is 11.8 Å². The van der Waals surface area contributed by atoms with E-state index >= 15 is 0 Å². The fraction of sp³-hybridized carbons (Fsp3) is 1.00. The first kappa shape index (κ1) is 22.8. The van der Waals surface area contributed by atoms with Gasteiger partial charge in [0.1, 0.15) is 18.3 Å². The second-order valence-corrected chi connectivity index (χ2v) is 9.36. The van der Waals surface area contributed by atoms with Crippen LogP contribution in [0.4, 0.5) is 0 Å². The molecule has 9 unspecified atom stereocenters. The average Bonchev–Trinajstić information content (AvgIpc) is 2.70. The summed E-state index contributed by atoms with van der Waals surface area (Å²) >= 11 is 0. The molecule has 4 rings (SSSR count). The third-order valence-electron chi connectivity index (χ3n) is 7.24. The summed E-state index contributed by atoms with van der Waals surface area (Å²) in [5.41, 5.74) is 0. The predicted molar refractivity (Wildman–Crippen MR) is 100 cm³/mol. The molecule has 174 valence electrons. The molecule has 0 aromatic rings. The number of rotatable bonds is 3. The van der Waals surface area contributed by atoms with E-state index in [-0.39, 0.29) is 31.0 Å². The highest BCUT2D eigenvalue weighted by Gasteiger charge is 2.50. The molecule has 0 aromatic carbocycles. The molecule has 2 saturated carbocycles. The molecular formula is C20H34O10. The number of aliphatic hydroxyl groups excluding tert-OH is 7. The van der Waals surface area contributed by atoms with Crippen molar-refractivity contribution in [3.63, 3.8) is 0 Å². The molecule has 0 radical (unpaired) electrons. The van der Waals surface area contributed by atoms with E-state index in [4.69, 9.17) is 14.2 Å². The van der Waals surface area contributed by atoms with E-state index in [0.29, 0.717) is 32.1 Å². The molecular weight excluding hydrogens is 400 g/mol. The minimum atomic E-state index is -1.44. The van der Waals surface area contributed by atoms with Crippen LogP contribution in [0.5, 0.6) is 0 Å². The molecule has 10 nitrogen and oxygen atoms in total. The zero-order chi connectivity index (χ0) is 21.6.